The number of benzene rings is 2. The van der Waals surface area contributed by atoms with Gasteiger partial charge in [-0.2, -0.15) is 0 Å². The minimum Gasteiger partial charge on any atom is -0.497 e. The van der Waals surface area contributed by atoms with Crippen molar-refractivity contribution in [1.82, 2.24) is 10.3 Å². The lowest BCUT2D eigenvalue weighted by molar-refractivity contribution is -0.126. The maximum absolute atomic E-state index is 13.4. The average molecular weight is 574 g/mol. The number of carbonyl (C=O) groups is 1. The molecule has 2 aromatic carbocycles. The molecule has 0 aliphatic heterocycles. The number of nitrogens with one attached hydrogen (secondary N) is 1. The molecule has 1 heterocycles. The quantitative estimate of drug-likeness (QED) is 0.365. The first-order valence-corrected chi connectivity index (χ1v) is 14.5. The van der Waals surface area contributed by atoms with Gasteiger partial charge < -0.3 is 19.5 Å². The minimum absolute atomic E-state index is 0.00861. The van der Waals surface area contributed by atoms with Crippen molar-refractivity contribution >= 4 is 27.5 Å². The number of nitrogens with two attached hydrogens (primary N) is 1. The molecule has 0 unspecified atom stereocenters. The predicted molar refractivity (Wildman–Crippen MR) is 148 cm³/mol. The highest BCUT2D eigenvalue weighted by atomic mass is 35.5. The van der Waals surface area contributed by atoms with Crippen LogP contribution in [0.25, 0.3) is 0 Å². The van der Waals surface area contributed by atoms with Crippen molar-refractivity contribution in [3.05, 3.63) is 76.9 Å². The molecule has 3 aromatic rings. The number of halogens is 1. The number of rotatable bonds is 10. The first-order chi connectivity index (χ1) is 18.7. The van der Waals surface area contributed by atoms with Crippen molar-refractivity contribution in [2.75, 3.05) is 20.8 Å². The van der Waals surface area contributed by atoms with E-state index in [4.69, 9.17) is 31.0 Å². The molecule has 3 N–H and O–H groups in total. The molecule has 1 aliphatic rings. The Balaban J connectivity index is 1.36. The topological polar surface area (TPSA) is 130 Å². The number of ether oxygens (including phenoxy) is 3. The zero-order valence-corrected chi connectivity index (χ0v) is 23.4. The summed E-state index contributed by atoms with van der Waals surface area (Å²) in [7, 11) is -0.656. The Morgan fingerprint density at radius 3 is 2.00 bits per heavy atom. The van der Waals surface area contributed by atoms with Crippen LogP contribution in [0.4, 0.5) is 0 Å². The Hall–Kier alpha value is -3.34. The Labute approximate surface area is 233 Å². The van der Waals surface area contributed by atoms with Gasteiger partial charge in [0.25, 0.3) is 0 Å². The van der Waals surface area contributed by atoms with Gasteiger partial charge in [0.2, 0.25) is 21.8 Å². The third-order valence-corrected chi connectivity index (χ3v) is 8.12. The lowest BCUT2D eigenvalue weighted by Crippen LogP contribution is -2.36. The molecule has 1 amide bonds. The molecule has 0 spiro atoms. The molecular weight excluding hydrogens is 542 g/mol. The van der Waals surface area contributed by atoms with Gasteiger partial charge in [0.15, 0.2) is 0 Å². The van der Waals surface area contributed by atoms with E-state index in [-0.39, 0.29) is 39.6 Å². The number of nitrogens with zero attached hydrogens (tertiary/aromatic N) is 1. The lowest BCUT2D eigenvalue weighted by Gasteiger charge is -2.29. The monoisotopic (exact) mass is 573 g/mol. The van der Waals surface area contributed by atoms with Crippen LogP contribution in [-0.2, 0) is 14.8 Å². The van der Waals surface area contributed by atoms with Crippen molar-refractivity contribution in [2.24, 2.45) is 17.0 Å². The number of hydrogen-bond donors (Lipinski definition) is 2. The van der Waals surface area contributed by atoms with E-state index in [0.717, 1.165) is 54.5 Å². The highest BCUT2D eigenvalue weighted by molar-refractivity contribution is 7.89. The van der Waals surface area contributed by atoms with Crippen LogP contribution < -0.4 is 24.7 Å². The van der Waals surface area contributed by atoms with E-state index in [1.165, 1.54) is 6.07 Å². The Morgan fingerprint density at radius 2 is 1.54 bits per heavy atom. The molecule has 0 atom stereocenters. The van der Waals surface area contributed by atoms with Gasteiger partial charge in [0, 0.05) is 5.92 Å². The largest absolute Gasteiger partial charge is 0.497 e. The Bertz CT molecular complexity index is 1330. The molecule has 1 aromatic heterocycles. The summed E-state index contributed by atoms with van der Waals surface area (Å²) < 4.78 is 39.3. The number of amides is 1. The molecule has 1 saturated carbocycles. The fraction of sp³-hybridized carbons (Fsp3) is 0.357. The van der Waals surface area contributed by atoms with Gasteiger partial charge in [0.05, 0.1) is 33.1 Å². The number of pyridine rings is 1. The maximum atomic E-state index is 13.4. The first-order valence-electron chi connectivity index (χ1n) is 12.6. The van der Waals surface area contributed by atoms with Crippen molar-refractivity contribution < 1.29 is 27.4 Å². The number of carbonyl (C=O) groups excluding carboxylic acids is 1. The molecule has 1 fully saturated rings. The van der Waals surface area contributed by atoms with Crippen molar-refractivity contribution in [1.29, 1.82) is 0 Å². The first kappa shape index (κ1) is 28.7. The van der Waals surface area contributed by atoms with E-state index in [0.29, 0.717) is 6.61 Å². The van der Waals surface area contributed by atoms with Gasteiger partial charge in [-0.25, -0.2) is 18.5 Å². The second-order valence-corrected chi connectivity index (χ2v) is 11.5. The molecule has 9 nitrogen and oxygen atoms in total. The molecule has 11 heteroatoms. The van der Waals surface area contributed by atoms with Gasteiger partial charge in [-0.15, -0.1) is 0 Å². The summed E-state index contributed by atoms with van der Waals surface area (Å²) in [6, 6.07) is 16.3. The fourth-order valence-corrected chi connectivity index (χ4v) is 5.44. The van der Waals surface area contributed by atoms with E-state index >= 15 is 0 Å². The molecule has 39 heavy (non-hydrogen) atoms. The predicted octanol–water partition coefficient (Wildman–Crippen LogP) is 4.49. The second-order valence-electron chi connectivity index (χ2n) is 9.52. The van der Waals surface area contributed by atoms with Crippen LogP contribution >= 0.6 is 11.6 Å². The van der Waals surface area contributed by atoms with Crippen molar-refractivity contribution in [3.63, 3.8) is 0 Å². The van der Waals surface area contributed by atoms with Crippen molar-refractivity contribution in [2.45, 2.75) is 36.6 Å². The number of hydrogen-bond acceptors (Lipinski definition) is 7. The smallest absolute Gasteiger partial charge is 0.239 e. The summed E-state index contributed by atoms with van der Waals surface area (Å²) in [5.74, 6) is 1.77. The third kappa shape index (κ3) is 7.40. The fourth-order valence-electron chi connectivity index (χ4n) is 4.67. The summed E-state index contributed by atoms with van der Waals surface area (Å²) in [6.45, 7) is 0.371. The van der Waals surface area contributed by atoms with Crippen LogP contribution in [-0.4, -0.2) is 40.1 Å². The normalized spacial score (nSPS) is 17.5. The van der Waals surface area contributed by atoms with Crippen LogP contribution in [0, 0.1) is 11.8 Å². The van der Waals surface area contributed by atoms with Gasteiger partial charge >= 0.3 is 0 Å². The van der Waals surface area contributed by atoms with Crippen molar-refractivity contribution in [3.8, 4) is 17.4 Å². The number of primary sulfonamides is 1. The average Bonchev–Trinajstić information content (AvgIpc) is 2.95. The Morgan fingerprint density at radius 1 is 1.00 bits per heavy atom. The summed E-state index contributed by atoms with van der Waals surface area (Å²) in [5.41, 5.74) is 1.91. The van der Waals surface area contributed by atoms with Crippen LogP contribution in [0.15, 0.2) is 65.7 Å². The summed E-state index contributed by atoms with van der Waals surface area (Å²) in [6.07, 6.45) is 4.19. The number of sulfonamides is 1. The zero-order chi connectivity index (χ0) is 28.0. The minimum atomic E-state index is -3.89. The second kappa shape index (κ2) is 12.7. The summed E-state index contributed by atoms with van der Waals surface area (Å²) in [5, 5.41) is 8.45. The molecule has 208 valence electrons. The highest BCUT2D eigenvalue weighted by Gasteiger charge is 2.29. The SMILES string of the molecule is COc1ccc(C(NC(=O)C2CCC(COc3ncc(S(N)(=O)=O)cc3Cl)CC2)c2ccc(OC)cc2)cc1. The van der Waals surface area contributed by atoms with Gasteiger partial charge in [-0.1, -0.05) is 35.9 Å². The van der Waals surface area contributed by atoms with E-state index in [1.807, 2.05) is 48.5 Å². The summed E-state index contributed by atoms with van der Waals surface area (Å²) >= 11 is 6.13. The van der Waals surface area contributed by atoms with Crippen LogP contribution in [0.1, 0.15) is 42.9 Å². The van der Waals surface area contributed by atoms with Gasteiger partial charge in [0.1, 0.15) is 21.4 Å². The molecule has 0 saturated heterocycles. The highest BCUT2D eigenvalue weighted by Crippen LogP contribution is 2.32. The van der Waals surface area contributed by atoms with E-state index < -0.39 is 10.0 Å². The van der Waals surface area contributed by atoms with E-state index in [2.05, 4.69) is 10.3 Å². The molecular formula is C28H32ClN3O6S. The molecule has 0 bridgehead atoms. The van der Waals surface area contributed by atoms with E-state index in [9.17, 15) is 13.2 Å². The van der Waals surface area contributed by atoms with Gasteiger partial charge in [-0.05, 0) is 73.1 Å². The molecule has 4 rings (SSSR count). The molecule has 0 radical (unpaired) electrons. The number of aromatic nitrogens is 1. The molecule has 1 aliphatic carbocycles. The third-order valence-electron chi connectivity index (χ3n) is 6.97. The standard InChI is InChI=1S/C28H32ClN3O6S/c1-36-22-11-7-19(8-12-22)26(20-9-13-23(37-2)14-10-20)32-27(33)21-5-3-18(4-6-21)17-38-28-25(29)15-24(16-31-28)39(30,34)35/h7-16,18,21,26H,3-6,17H2,1-2H3,(H,32,33)(H2,30,34,35). The van der Waals surface area contributed by atoms with Crippen LogP contribution in [0.5, 0.6) is 17.4 Å². The zero-order valence-electron chi connectivity index (χ0n) is 21.8. The Kier molecular flexibility index (Phi) is 9.32. The lowest BCUT2D eigenvalue weighted by atomic mass is 9.81. The summed E-state index contributed by atoms with van der Waals surface area (Å²) in [4.78, 5) is 17.2. The van der Waals surface area contributed by atoms with E-state index in [1.54, 1.807) is 14.2 Å². The van der Waals surface area contributed by atoms with Gasteiger partial charge in [-0.3, -0.25) is 4.79 Å². The van der Waals surface area contributed by atoms with Crippen LogP contribution in [0.3, 0.4) is 0 Å². The number of methoxy groups -OCH3 is 2. The van der Waals surface area contributed by atoms with Crippen LogP contribution in [0.2, 0.25) is 5.02 Å². The maximum Gasteiger partial charge on any atom is 0.239 e.